The van der Waals surface area contributed by atoms with Crippen LogP contribution in [0, 0.1) is 0 Å². The molecule has 1 aliphatic heterocycles. The van der Waals surface area contributed by atoms with Gasteiger partial charge in [0.05, 0.1) is 4.34 Å². The van der Waals surface area contributed by atoms with Crippen LogP contribution in [0.4, 0.5) is 5.69 Å². The van der Waals surface area contributed by atoms with Gasteiger partial charge in [-0.1, -0.05) is 11.6 Å². The third kappa shape index (κ3) is 2.54. The van der Waals surface area contributed by atoms with E-state index >= 15 is 0 Å². The Kier molecular flexibility index (Phi) is 3.30. The number of nitrogens with one attached hydrogen (secondary N) is 1. The summed E-state index contributed by atoms with van der Waals surface area (Å²) in [6, 6.07) is 9.82. The Morgan fingerprint density at radius 1 is 1.11 bits per heavy atom. The highest BCUT2D eigenvalue weighted by atomic mass is 35.5. The smallest absolute Gasteiger partial charge is 0.163 e. The van der Waals surface area contributed by atoms with Crippen molar-refractivity contribution in [1.29, 1.82) is 0 Å². The van der Waals surface area contributed by atoms with Gasteiger partial charge in [0.2, 0.25) is 0 Å². The number of rotatable bonds is 3. The Labute approximate surface area is 114 Å². The molecule has 5 heteroatoms. The van der Waals surface area contributed by atoms with Gasteiger partial charge in [-0.05, 0) is 24.3 Å². The van der Waals surface area contributed by atoms with Gasteiger partial charge in [0.25, 0.3) is 0 Å². The summed E-state index contributed by atoms with van der Waals surface area (Å²) in [6.07, 6.45) is 0. The van der Waals surface area contributed by atoms with Gasteiger partial charge < -0.3 is 14.8 Å². The number of benzene rings is 1. The third-order valence-corrected chi connectivity index (χ3v) is 3.87. The van der Waals surface area contributed by atoms with Crippen LogP contribution < -0.4 is 14.8 Å². The molecule has 18 heavy (non-hydrogen) atoms. The van der Waals surface area contributed by atoms with E-state index in [1.54, 1.807) is 11.3 Å². The lowest BCUT2D eigenvalue weighted by Crippen LogP contribution is -2.15. The van der Waals surface area contributed by atoms with Crippen LogP contribution in [0.3, 0.4) is 0 Å². The first-order valence-corrected chi connectivity index (χ1v) is 6.88. The molecule has 3 rings (SSSR count). The molecule has 0 saturated carbocycles. The highest BCUT2D eigenvalue weighted by Crippen LogP contribution is 2.33. The van der Waals surface area contributed by atoms with Gasteiger partial charge in [0, 0.05) is 23.2 Å². The highest BCUT2D eigenvalue weighted by Gasteiger charge is 2.11. The number of anilines is 1. The quantitative estimate of drug-likeness (QED) is 0.929. The van der Waals surface area contributed by atoms with Crippen molar-refractivity contribution in [2.24, 2.45) is 0 Å². The van der Waals surface area contributed by atoms with Crippen molar-refractivity contribution in [3.05, 3.63) is 39.5 Å². The maximum absolute atomic E-state index is 5.89. The van der Waals surface area contributed by atoms with Crippen molar-refractivity contribution in [3.8, 4) is 11.5 Å². The molecule has 0 aliphatic carbocycles. The number of hydrogen-bond donors (Lipinski definition) is 1. The van der Waals surface area contributed by atoms with E-state index in [4.69, 9.17) is 21.1 Å². The Bertz CT molecular complexity index is 556. The fourth-order valence-electron chi connectivity index (χ4n) is 1.79. The normalized spacial score (nSPS) is 13.4. The molecule has 94 valence electrons. The van der Waals surface area contributed by atoms with Gasteiger partial charge in [-0.3, -0.25) is 0 Å². The van der Waals surface area contributed by atoms with Gasteiger partial charge in [0.1, 0.15) is 13.2 Å². The minimum Gasteiger partial charge on any atom is -0.486 e. The van der Waals surface area contributed by atoms with Gasteiger partial charge >= 0.3 is 0 Å². The van der Waals surface area contributed by atoms with E-state index in [1.165, 1.54) is 4.88 Å². The number of thiophene rings is 1. The molecular weight excluding hydrogens is 270 g/mol. The molecule has 0 atom stereocenters. The van der Waals surface area contributed by atoms with Crippen LogP contribution >= 0.6 is 22.9 Å². The average Bonchev–Trinajstić information content (AvgIpc) is 2.82. The van der Waals surface area contributed by atoms with E-state index in [0.717, 1.165) is 28.1 Å². The standard InChI is InChI=1S/C13H12ClNO2S/c14-13-4-2-10(18-13)8-15-9-1-3-11-12(7-9)17-6-5-16-11/h1-4,7,15H,5-6,8H2. The molecule has 0 radical (unpaired) electrons. The third-order valence-electron chi connectivity index (χ3n) is 2.64. The zero-order valence-electron chi connectivity index (χ0n) is 9.61. The van der Waals surface area contributed by atoms with E-state index in [1.807, 2.05) is 30.3 Å². The maximum atomic E-state index is 5.89. The predicted octanol–water partition coefficient (Wildman–Crippen LogP) is 3.78. The Morgan fingerprint density at radius 2 is 1.94 bits per heavy atom. The maximum Gasteiger partial charge on any atom is 0.163 e. The lowest BCUT2D eigenvalue weighted by Gasteiger charge is -2.19. The molecule has 0 spiro atoms. The van der Waals surface area contributed by atoms with Crippen LogP contribution in [0.15, 0.2) is 30.3 Å². The molecule has 0 saturated heterocycles. The highest BCUT2D eigenvalue weighted by molar-refractivity contribution is 7.16. The van der Waals surface area contributed by atoms with Crippen LogP contribution in [-0.2, 0) is 6.54 Å². The van der Waals surface area contributed by atoms with Crippen LogP contribution in [0.5, 0.6) is 11.5 Å². The van der Waals surface area contributed by atoms with Gasteiger partial charge in [0.15, 0.2) is 11.5 Å². The number of ether oxygens (including phenoxy) is 2. The summed E-state index contributed by atoms with van der Waals surface area (Å²) in [7, 11) is 0. The molecule has 0 bridgehead atoms. The molecular formula is C13H12ClNO2S. The van der Waals surface area contributed by atoms with Gasteiger partial charge in [-0.2, -0.15) is 0 Å². The first kappa shape index (κ1) is 11.7. The fourth-order valence-corrected chi connectivity index (χ4v) is 2.82. The predicted molar refractivity (Wildman–Crippen MR) is 74.1 cm³/mol. The van der Waals surface area contributed by atoms with E-state index in [-0.39, 0.29) is 0 Å². The minimum absolute atomic E-state index is 0.608. The van der Waals surface area contributed by atoms with Crippen LogP contribution in [0.25, 0.3) is 0 Å². The molecule has 3 nitrogen and oxygen atoms in total. The molecule has 0 amide bonds. The summed E-state index contributed by atoms with van der Waals surface area (Å²) in [5.74, 6) is 1.61. The summed E-state index contributed by atoms with van der Waals surface area (Å²) in [6.45, 7) is 1.99. The van der Waals surface area contributed by atoms with E-state index in [2.05, 4.69) is 5.32 Å². The Morgan fingerprint density at radius 3 is 2.72 bits per heavy atom. The molecule has 1 aliphatic rings. The largest absolute Gasteiger partial charge is 0.486 e. The van der Waals surface area contributed by atoms with Crippen molar-refractivity contribution in [3.63, 3.8) is 0 Å². The van der Waals surface area contributed by atoms with Crippen LogP contribution in [0.1, 0.15) is 4.88 Å². The monoisotopic (exact) mass is 281 g/mol. The van der Waals surface area contributed by atoms with E-state index in [0.29, 0.717) is 13.2 Å². The number of fused-ring (bicyclic) bond motifs is 1. The molecule has 1 aromatic carbocycles. The molecule has 2 aromatic rings. The zero-order chi connectivity index (χ0) is 12.4. The second kappa shape index (κ2) is 5.08. The molecule has 0 unspecified atom stereocenters. The van der Waals surface area contributed by atoms with Gasteiger partial charge in [-0.15, -0.1) is 11.3 Å². The van der Waals surface area contributed by atoms with Crippen LogP contribution in [-0.4, -0.2) is 13.2 Å². The van der Waals surface area contributed by atoms with E-state index in [9.17, 15) is 0 Å². The Balaban J connectivity index is 1.69. The molecule has 0 fully saturated rings. The second-order valence-corrected chi connectivity index (χ2v) is 5.72. The molecule has 1 N–H and O–H groups in total. The van der Waals surface area contributed by atoms with Crippen molar-refractivity contribution >= 4 is 28.6 Å². The average molecular weight is 282 g/mol. The zero-order valence-corrected chi connectivity index (χ0v) is 11.2. The summed E-state index contributed by atoms with van der Waals surface area (Å²) >= 11 is 7.47. The Hall–Kier alpha value is -1.39. The van der Waals surface area contributed by atoms with Gasteiger partial charge in [-0.25, -0.2) is 0 Å². The van der Waals surface area contributed by atoms with Crippen molar-refractivity contribution in [2.75, 3.05) is 18.5 Å². The summed E-state index contributed by atoms with van der Waals surface area (Å²) < 4.78 is 11.8. The molecule has 1 aromatic heterocycles. The van der Waals surface area contributed by atoms with Crippen molar-refractivity contribution in [2.45, 2.75) is 6.54 Å². The second-order valence-electron chi connectivity index (χ2n) is 3.92. The van der Waals surface area contributed by atoms with Crippen LogP contribution in [0.2, 0.25) is 4.34 Å². The summed E-state index contributed by atoms with van der Waals surface area (Å²) in [4.78, 5) is 1.20. The minimum atomic E-state index is 0.608. The number of hydrogen-bond acceptors (Lipinski definition) is 4. The lowest BCUT2D eigenvalue weighted by atomic mass is 10.2. The number of halogens is 1. The van der Waals surface area contributed by atoms with Crippen molar-refractivity contribution < 1.29 is 9.47 Å². The first-order chi connectivity index (χ1) is 8.81. The first-order valence-electron chi connectivity index (χ1n) is 5.69. The topological polar surface area (TPSA) is 30.5 Å². The van der Waals surface area contributed by atoms with Crippen molar-refractivity contribution in [1.82, 2.24) is 0 Å². The lowest BCUT2D eigenvalue weighted by molar-refractivity contribution is 0.171. The molecule has 2 heterocycles. The fraction of sp³-hybridized carbons (Fsp3) is 0.231. The summed E-state index contributed by atoms with van der Waals surface area (Å²) in [5.41, 5.74) is 1.02. The van der Waals surface area contributed by atoms with E-state index < -0.39 is 0 Å². The SMILES string of the molecule is Clc1ccc(CNc2ccc3c(c2)OCCO3)s1. The summed E-state index contributed by atoms with van der Waals surface area (Å²) in [5, 5.41) is 3.34.